The summed E-state index contributed by atoms with van der Waals surface area (Å²) in [5.74, 6) is 1.44. The van der Waals surface area contributed by atoms with Gasteiger partial charge in [0.05, 0.1) is 16.6 Å². The van der Waals surface area contributed by atoms with Crippen LogP contribution in [0.2, 0.25) is 5.02 Å². The van der Waals surface area contributed by atoms with E-state index in [1.165, 1.54) is 6.20 Å². The molecule has 5 nitrogen and oxygen atoms in total. The van der Waals surface area contributed by atoms with Crippen LogP contribution in [-0.4, -0.2) is 35.5 Å². The first-order chi connectivity index (χ1) is 11.8. The maximum Gasteiger partial charge on any atom is 0.255 e. The van der Waals surface area contributed by atoms with Gasteiger partial charge in [0, 0.05) is 24.5 Å². The SMILES string of the molecule is O=C(c1ccncc1Cl)N1CCC[C@@H]1c1cccc2c1OCCO2. The van der Waals surface area contributed by atoms with Crippen molar-refractivity contribution in [2.75, 3.05) is 19.8 Å². The van der Waals surface area contributed by atoms with E-state index in [1.807, 2.05) is 23.1 Å². The predicted octanol–water partition coefficient (Wildman–Crippen LogP) is 3.48. The minimum absolute atomic E-state index is 0.0293. The van der Waals surface area contributed by atoms with E-state index in [9.17, 15) is 4.79 Å². The normalized spacial score (nSPS) is 19.4. The molecular weight excluding hydrogens is 328 g/mol. The van der Waals surface area contributed by atoms with Crippen molar-refractivity contribution in [1.29, 1.82) is 0 Å². The van der Waals surface area contributed by atoms with Crippen molar-refractivity contribution >= 4 is 17.5 Å². The first-order valence-corrected chi connectivity index (χ1v) is 8.42. The lowest BCUT2D eigenvalue weighted by atomic mass is 10.0. The van der Waals surface area contributed by atoms with Gasteiger partial charge in [-0.05, 0) is 25.0 Å². The highest BCUT2D eigenvalue weighted by molar-refractivity contribution is 6.33. The Morgan fingerprint density at radius 2 is 2.12 bits per heavy atom. The smallest absolute Gasteiger partial charge is 0.255 e. The second-order valence-corrected chi connectivity index (χ2v) is 6.29. The first kappa shape index (κ1) is 15.3. The summed E-state index contributed by atoms with van der Waals surface area (Å²) in [6, 6.07) is 7.50. The van der Waals surface area contributed by atoms with Gasteiger partial charge in [0.25, 0.3) is 5.91 Å². The Labute approximate surface area is 145 Å². The maximum absolute atomic E-state index is 13.0. The van der Waals surface area contributed by atoms with E-state index in [0.29, 0.717) is 30.3 Å². The molecule has 0 radical (unpaired) electrons. The van der Waals surface area contributed by atoms with Crippen LogP contribution >= 0.6 is 11.6 Å². The Hall–Kier alpha value is -2.27. The third kappa shape index (κ3) is 2.59. The van der Waals surface area contributed by atoms with Crippen LogP contribution in [0.1, 0.15) is 34.8 Å². The second-order valence-electron chi connectivity index (χ2n) is 5.88. The summed E-state index contributed by atoms with van der Waals surface area (Å²) in [6.07, 6.45) is 4.94. The number of likely N-dealkylation sites (tertiary alicyclic amines) is 1. The average molecular weight is 345 g/mol. The summed E-state index contributed by atoms with van der Waals surface area (Å²) >= 11 is 6.15. The van der Waals surface area contributed by atoms with Gasteiger partial charge in [-0.15, -0.1) is 0 Å². The third-order valence-electron chi connectivity index (χ3n) is 4.47. The maximum atomic E-state index is 13.0. The number of fused-ring (bicyclic) bond motifs is 1. The molecule has 1 aromatic heterocycles. The van der Waals surface area contributed by atoms with Gasteiger partial charge in [-0.2, -0.15) is 0 Å². The number of benzene rings is 1. The Balaban J connectivity index is 1.69. The molecule has 3 heterocycles. The van der Waals surface area contributed by atoms with Crippen molar-refractivity contribution in [3.63, 3.8) is 0 Å². The van der Waals surface area contributed by atoms with Crippen LogP contribution in [0.4, 0.5) is 0 Å². The fourth-order valence-electron chi connectivity index (χ4n) is 3.40. The molecule has 0 aliphatic carbocycles. The average Bonchev–Trinajstić information content (AvgIpc) is 3.10. The zero-order valence-corrected chi connectivity index (χ0v) is 13.8. The molecule has 4 rings (SSSR count). The van der Waals surface area contributed by atoms with Gasteiger partial charge in [-0.25, -0.2) is 0 Å². The quantitative estimate of drug-likeness (QED) is 0.837. The molecular formula is C18H17ClN2O3. The van der Waals surface area contributed by atoms with Gasteiger partial charge in [0.2, 0.25) is 0 Å². The second kappa shape index (κ2) is 6.32. The summed E-state index contributed by atoms with van der Waals surface area (Å²) < 4.78 is 11.5. The number of carbonyl (C=O) groups excluding carboxylic acids is 1. The Bertz CT molecular complexity index is 781. The summed E-state index contributed by atoms with van der Waals surface area (Å²) in [5.41, 5.74) is 1.49. The number of nitrogens with zero attached hydrogens (tertiary/aromatic N) is 2. The predicted molar refractivity (Wildman–Crippen MR) is 89.7 cm³/mol. The molecule has 2 aliphatic rings. The van der Waals surface area contributed by atoms with Crippen LogP contribution in [0.5, 0.6) is 11.5 Å². The number of aromatic nitrogens is 1. The summed E-state index contributed by atoms with van der Waals surface area (Å²) in [4.78, 5) is 18.8. The Morgan fingerprint density at radius 1 is 1.25 bits per heavy atom. The number of pyridine rings is 1. The number of halogens is 1. The molecule has 2 aliphatic heterocycles. The molecule has 124 valence electrons. The number of amides is 1. The van der Waals surface area contributed by atoms with E-state index in [2.05, 4.69) is 4.98 Å². The number of rotatable bonds is 2. The number of ether oxygens (including phenoxy) is 2. The number of para-hydroxylation sites is 1. The van der Waals surface area contributed by atoms with E-state index >= 15 is 0 Å². The third-order valence-corrected chi connectivity index (χ3v) is 4.77. The van der Waals surface area contributed by atoms with E-state index in [0.717, 1.165) is 29.9 Å². The summed E-state index contributed by atoms with van der Waals surface area (Å²) in [7, 11) is 0. The van der Waals surface area contributed by atoms with Gasteiger partial charge in [-0.3, -0.25) is 9.78 Å². The Kier molecular flexibility index (Phi) is 4.02. The highest BCUT2D eigenvalue weighted by Crippen LogP contribution is 2.43. The molecule has 0 bridgehead atoms. The highest BCUT2D eigenvalue weighted by Gasteiger charge is 2.34. The molecule has 0 N–H and O–H groups in total. The zero-order chi connectivity index (χ0) is 16.5. The number of carbonyl (C=O) groups is 1. The lowest BCUT2D eigenvalue weighted by Crippen LogP contribution is -2.31. The molecule has 1 aromatic carbocycles. The lowest BCUT2D eigenvalue weighted by molar-refractivity contribution is 0.0731. The fraction of sp³-hybridized carbons (Fsp3) is 0.333. The van der Waals surface area contributed by atoms with Crippen LogP contribution in [0.3, 0.4) is 0 Å². The van der Waals surface area contributed by atoms with E-state index in [-0.39, 0.29) is 11.9 Å². The van der Waals surface area contributed by atoms with Gasteiger partial charge in [-0.1, -0.05) is 23.7 Å². The number of hydrogen-bond acceptors (Lipinski definition) is 4. The minimum Gasteiger partial charge on any atom is -0.486 e. The molecule has 24 heavy (non-hydrogen) atoms. The van der Waals surface area contributed by atoms with Crippen LogP contribution in [0.15, 0.2) is 36.7 Å². The van der Waals surface area contributed by atoms with Gasteiger partial charge in [0.1, 0.15) is 13.2 Å². The summed E-state index contributed by atoms with van der Waals surface area (Å²) in [5, 5.41) is 0.378. The minimum atomic E-state index is -0.0702. The van der Waals surface area contributed by atoms with Gasteiger partial charge in [0.15, 0.2) is 11.5 Å². The lowest BCUT2D eigenvalue weighted by Gasteiger charge is -2.29. The Morgan fingerprint density at radius 3 is 3.00 bits per heavy atom. The molecule has 1 saturated heterocycles. The van der Waals surface area contributed by atoms with E-state index in [1.54, 1.807) is 12.3 Å². The van der Waals surface area contributed by atoms with Crippen LogP contribution in [0, 0.1) is 0 Å². The molecule has 0 spiro atoms. The summed E-state index contributed by atoms with van der Waals surface area (Å²) in [6.45, 7) is 1.78. The van der Waals surface area contributed by atoms with Gasteiger partial charge < -0.3 is 14.4 Å². The van der Waals surface area contributed by atoms with Crippen LogP contribution in [0.25, 0.3) is 0 Å². The molecule has 2 aromatic rings. The monoisotopic (exact) mass is 344 g/mol. The molecule has 0 saturated carbocycles. The standard InChI is InChI=1S/C18H17ClN2O3/c19-14-11-20-7-6-12(14)18(22)21-8-2-4-15(21)13-3-1-5-16-17(13)24-10-9-23-16/h1,3,5-7,11,15H,2,4,8-10H2/t15-/m1/s1. The van der Waals surface area contributed by atoms with E-state index < -0.39 is 0 Å². The van der Waals surface area contributed by atoms with Crippen LogP contribution in [-0.2, 0) is 0 Å². The van der Waals surface area contributed by atoms with Gasteiger partial charge >= 0.3 is 0 Å². The topological polar surface area (TPSA) is 51.7 Å². The fourth-order valence-corrected chi connectivity index (χ4v) is 3.60. The highest BCUT2D eigenvalue weighted by atomic mass is 35.5. The molecule has 0 unspecified atom stereocenters. The molecule has 1 amide bonds. The van der Waals surface area contributed by atoms with Crippen molar-refractivity contribution < 1.29 is 14.3 Å². The van der Waals surface area contributed by atoms with Crippen molar-refractivity contribution in [1.82, 2.24) is 9.88 Å². The van der Waals surface area contributed by atoms with Crippen molar-refractivity contribution in [2.24, 2.45) is 0 Å². The van der Waals surface area contributed by atoms with Crippen molar-refractivity contribution in [3.05, 3.63) is 52.8 Å². The van der Waals surface area contributed by atoms with Crippen molar-refractivity contribution in [2.45, 2.75) is 18.9 Å². The van der Waals surface area contributed by atoms with Crippen LogP contribution < -0.4 is 9.47 Å². The molecule has 6 heteroatoms. The largest absolute Gasteiger partial charge is 0.486 e. The first-order valence-electron chi connectivity index (χ1n) is 8.04. The van der Waals surface area contributed by atoms with Crippen molar-refractivity contribution in [3.8, 4) is 11.5 Å². The number of hydrogen-bond donors (Lipinski definition) is 0. The zero-order valence-electron chi connectivity index (χ0n) is 13.1. The molecule has 1 atom stereocenters. The molecule has 1 fully saturated rings. The van der Waals surface area contributed by atoms with E-state index in [4.69, 9.17) is 21.1 Å².